The van der Waals surface area contributed by atoms with Crippen LogP contribution in [0.2, 0.25) is 10.0 Å². The van der Waals surface area contributed by atoms with Crippen LogP contribution in [0.15, 0.2) is 18.2 Å². The van der Waals surface area contributed by atoms with Gasteiger partial charge in [0.1, 0.15) is 5.92 Å². The van der Waals surface area contributed by atoms with Gasteiger partial charge in [-0.2, -0.15) is 5.26 Å². The fourth-order valence-electron chi connectivity index (χ4n) is 1.11. The lowest BCUT2D eigenvalue weighted by Crippen LogP contribution is -2.14. The van der Waals surface area contributed by atoms with Crippen molar-refractivity contribution in [3.63, 3.8) is 0 Å². The highest BCUT2D eigenvalue weighted by molar-refractivity contribution is 6.33. The normalized spacial score (nSPS) is 11.8. The van der Waals surface area contributed by atoms with E-state index in [4.69, 9.17) is 33.6 Å². The van der Waals surface area contributed by atoms with Crippen molar-refractivity contribution in [3.05, 3.63) is 33.8 Å². The van der Waals surface area contributed by atoms with Gasteiger partial charge in [-0.1, -0.05) is 23.2 Å². The van der Waals surface area contributed by atoms with Crippen LogP contribution in [-0.4, -0.2) is 11.1 Å². The zero-order valence-corrected chi connectivity index (χ0v) is 9.09. The number of carboxylic acid groups (broad SMARTS) is 1. The van der Waals surface area contributed by atoms with Gasteiger partial charge in [-0.3, -0.25) is 4.79 Å². The molecular weight excluding hydrogens is 237 g/mol. The SMILES string of the molecule is N#CC(Cc1cc(Cl)ccc1Cl)C(=O)O. The van der Waals surface area contributed by atoms with Crippen molar-refractivity contribution in [1.29, 1.82) is 5.26 Å². The lowest BCUT2D eigenvalue weighted by Gasteiger charge is -2.06. The molecule has 0 saturated carbocycles. The highest BCUT2D eigenvalue weighted by Gasteiger charge is 2.18. The van der Waals surface area contributed by atoms with Crippen molar-refractivity contribution >= 4 is 29.2 Å². The maximum atomic E-state index is 10.6. The maximum Gasteiger partial charge on any atom is 0.321 e. The second-order valence-corrected chi connectivity index (χ2v) is 3.80. The van der Waals surface area contributed by atoms with Gasteiger partial charge in [0, 0.05) is 16.5 Å². The Morgan fingerprint density at radius 1 is 1.53 bits per heavy atom. The predicted octanol–water partition coefficient (Wildman–Crippen LogP) is 2.76. The number of nitriles is 1. The van der Waals surface area contributed by atoms with Gasteiger partial charge in [0.2, 0.25) is 0 Å². The average Bonchev–Trinajstić information content (AvgIpc) is 2.18. The molecule has 0 saturated heterocycles. The number of carboxylic acids is 1. The third-order valence-corrected chi connectivity index (χ3v) is 2.49. The van der Waals surface area contributed by atoms with Gasteiger partial charge in [-0.25, -0.2) is 0 Å². The zero-order valence-electron chi connectivity index (χ0n) is 7.58. The molecule has 1 rings (SSSR count). The molecule has 1 aromatic carbocycles. The second-order valence-electron chi connectivity index (χ2n) is 2.96. The summed E-state index contributed by atoms with van der Waals surface area (Å²) in [5.74, 6) is -2.26. The molecule has 0 fully saturated rings. The minimum Gasteiger partial charge on any atom is -0.480 e. The van der Waals surface area contributed by atoms with Crippen LogP contribution in [0.4, 0.5) is 0 Å². The summed E-state index contributed by atoms with van der Waals surface area (Å²) in [6.45, 7) is 0. The van der Waals surface area contributed by atoms with E-state index in [1.54, 1.807) is 24.3 Å². The third kappa shape index (κ3) is 3.12. The predicted molar refractivity (Wildman–Crippen MR) is 56.9 cm³/mol. The highest BCUT2D eigenvalue weighted by Crippen LogP contribution is 2.23. The van der Waals surface area contributed by atoms with Crippen LogP contribution < -0.4 is 0 Å². The topological polar surface area (TPSA) is 61.1 Å². The van der Waals surface area contributed by atoms with Crippen molar-refractivity contribution in [2.75, 3.05) is 0 Å². The Labute approximate surface area is 96.8 Å². The largest absolute Gasteiger partial charge is 0.480 e. The number of carbonyl (C=O) groups is 1. The molecule has 0 bridgehead atoms. The summed E-state index contributed by atoms with van der Waals surface area (Å²) in [6.07, 6.45) is 0.0607. The van der Waals surface area contributed by atoms with Crippen LogP contribution in [0, 0.1) is 17.2 Å². The third-order valence-electron chi connectivity index (χ3n) is 1.89. The molecule has 0 aliphatic heterocycles. The van der Waals surface area contributed by atoms with Crippen LogP contribution in [0.1, 0.15) is 5.56 Å². The van der Waals surface area contributed by atoms with Crippen LogP contribution in [0.25, 0.3) is 0 Å². The van der Waals surface area contributed by atoms with Crippen molar-refractivity contribution in [3.8, 4) is 6.07 Å². The van der Waals surface area contributed by atoms with E-state index in [1.807, 2.05) is 0 Å². The quantitative estimate of drug-likeness (QED) is 0.889. The Balaban J connectivity index is 2.93. The van der Waals surface area contributed by atoms with Crippen molar-refractivity contribution < 1.29 is 9.90 Å². The van der Waals surface area contributed by atoms with Gasteiger partial charge in [0.05, 0.1) is 6.07 Å². The number of halogens is 2. The summed E-state index contributed by atoms with van der Waals surface area (Å²) >= 11 is 11.6. The molecule has 0 aliphatic rings. The monoisotopic (exact) mass is 243 g/mol. The first kappa shape index (κ1) is 11.8. The van der Waals surface area contributed by atoms with E-state index in [9.17, 15) is 4.79 Å². The molecule has 0 amide bonds. The highest BCUT2D eigenvalue weighted by atomic mass is 35.5. The summed E-state index contributed by atoms with van der Waals surface area (Å²) in [7, 11) is 0. The van der Waals surface area contributed by atoms with Gasteiger partial charge < -0.3 is 5.11 Å². The number of hydrogen-bond acceptors (Lipinski definition) is 2. The molecular formula is C10H7Cl2NO2. The van der Waals surface area contributed by atoms with Crippen molar-refractivity contribution in [1.82, 2.24) is 0 Å². The summed E-state index contributed by atoms with van der Waals surface area (Å²) < 4.78 is 0. The van der Waals surface area contributed by atoms with E-state index in [0.717, 1.165) is 0 Å². The molecule has 0 aromatic heterocycles. The van der Waals surface area contributed by atoms with E-state index in [0.29, 0.717) is 15.6 Å². The fourth-order valence-corrected chi connectivity index (χ4v) is 1.50. The first-order valence-corrected chi connectivity index (χ1v) is 4.86. The van der Waals surface area contributed by atoms with E-state index >= 15 is 0 Å². The Bertz CT molecular complexity index is 426. The lowest BCUT2D eigenvalue weighted by atomic mass is 10.0. The minimum atomic E-state index is -1.16. The van der Waals surface area contributed by atoms with Crippen molar-refractivity contribution in [2.24, 2.45) is 5.92 Å². The van der Waals surface area contributed by atoms with Gasteiger partial charge >= 0.3 is 5.97 Å². The zero-order chi connectivity index (χ0) is 11.4. The molecule has 0 aliphatic carbocycles. The Morgan fingerprint density at radius 3 is 2.73 bits per heavy atom. The van der Waals surface area contributed by atoms with E-state index < -0.39 is 11.9 Å². The molecule has 0 spiro atoms. The molecule has 3 nitrogen and oxygen atoms in total. The van der Waals surface area contributed by atoms with E-state index in [1.165, 1.54) is 0 Å². The Kier molecular flexibility index (Phi) is 3.96. The number of benzene rings is 1. The van der Waals surface area contributed by atoms with Crippen LogP contribution >= 0.6 is 23.2 Å². The van der Waals surface area contributed by atoms with E-state index in [-0.39, 0.29) is 6.42 Å². The molecule has 1 atom stereocenters. The Hall–Kier alpha value is -1.24. The van der Waals surface area contributed by atoms with Gasteiger partial charge in [0.15, 0.2) is 0 Å². The van der Waals surface area contributed by atoms with Crippen molar-refractivity contribution in [2.45, 2.75) is 6.42 Å². The Morgan fingerprint density at radius 2 is 2.20 bits per heavy atom. The number of rotatable bonds is 3. The van der Waals surface area contributed by atoms with Crippen LogP contribution in [0.5, 0.6) is 0 Å². The number of hydrogen-bond donors (Lipinski definition) is 1. The summed E-state index contributed by atoms with van der Waals surface area (Å²) in [4.78, 5) is 10.6. The number of aliphatic carboxylic acids is 1. The second kappa shape index (κ2) is 5.01. The molecule has 0 radical (unpaired) electrons. The lowest BCUT2D eigenvalue weighted by molar-refractivity contribution is -0.139. The van der Waals surface area contributed by atoms with Crippen LogP contribution in [0.3, 0.4) is 0 Å². The molecule has 78 valence electrons. The maximum absolute atomic E-state index is 10.6. The first-order chi connectivity index (χ1) is 7.04. The summed E-state index contributed by atoms with van der Waals surface area (Å²) in [5.41, 5.74) is 0.568. The van der Waals surface area contributed by atoms with Gasteiger partial charge in [0.25, 0.3) is 0 Å². The summed E-state index contributed by atoms with van der Waals surface area (Å²) in [6, 6.07) is 6.45. The molecule has 0 heterocycles. The van der Waals surface area contributed by atoms with E-state index in [2.05, 4.69) is 0 Å². The average molecular weight is 244 g/mol. The molecule has 5 heteroatoms. The summed E-state index contributed by atoms with van der Waals surface area (Å²) in [5, 5.41) is 18.2. The minimum absolute atomic E-state index is 0.0607. The molecule has 1 unspecified atom stereocenters. The fraction of sp³-hybridized carbons (Fsp3) is 0.200. The van der Waals surface area contributed by atoms with Gasteiger partial charge in [-0.15, -0.1) is 0 Å². The van der Waals surface area contributed by atoms with Gasteiger partial charge in [-0.05, 0) is 23.8 Å². The number of nitrogens with zero attached hydrogens (tertiary/aromatic N) is 1. The molecule has 15 heavy (non-hydrogen) atoms. The standard InChI is InChI=1S/C10H7Cl2NO2/c11-8-1-2-9(12)6(4-8)3-7(5-13)10(14)15/h1-2,4,7H,3H2,(H,14,15). The molecule has 1 N–H and O–H groups in total. The molecule has 1 aromatic rings. The first-order valence-electron chi connectivity index (χ1n) is 4.11. The smallest absolute Gasteiger partial charge is 0.321 e. The van der Waals surface area contributed by atoms with Crippen LogP contribution in [-0.2, 0) is 11.2 Å².